The molecule has 0 aromatic heterocycles. The smallest absolute Gasteiger partial charge is 0.246 e. The largest absolute Gasteiger partial charge is 0.497 e. The number of piperidine rings is 1. The lowest BCUT2D eigenvalue weighted by molar-refractivity contribution is -0.151. The van der Waals surface area contributed by atoms with E-state index in [1.807, 2.05) is 176 Å². The van der Waals surface area contributed by atoms with E-state index in [0.717, 1.165) is 71.2 Å². The van der Waals surface area contributed by atoms with Crippen LogP contribution < -0.4 is 20.7 Å². The third kappa shape index (κ3) is 21.1. The van der Waals surface area contributed by atoms with Gasteiger partial charge in [-0.25, -0.2) is 0 Å². The van der Waals surface area contributed by atoms with Crippen molar-refractivity contribution in [2.24, 2.45) is 17.8 Å². The van der Waals surface area contributed by atoms with E-state index in [-0.39, 0.29) is 122 Å². The maximum atomic E-state index is 14.0. The summed E-state index contributed by atoms with van der Waals surface area (Å²) in [5, 5.41) is 19.7. The number of hydrogen-bond acceptors (Lipinski definition) is 14. The number of nitrogens with zero attached hydrogens (tertiary/aromatic N) is 6. The third-order valence-corrected chi connectivity index (χ3v) is 24.5. The van der Waals surface area contributed by atoms with Gasteiger partial charge in [0.05, 0.1) is 13.2 Å². The van der Waals surface area contributed by atoms with Gasteiger partial charge in [-0.2, -0.15) is 0 Å². The van der Waals surface area contributed by atoms with Crippen LogP contribution >= 0.6 is 0 Å². The monoisotopic (exact) mass is 1560 g/mol. The number of aliphatic hydroxyl groups excluding tert-OH is 1. The van der Waals surface area contributed by atoms with Crippen molar-refractivity contribution in [3.8, 4) is 5.75 Å². The second-order valence-electron chi connectivity index (χ2n) is 32.7. The van der Waals surface area contributed by atoms with Gasteiger partial charge >= 0.3 is 0 Å². The van der Waals surface area contributed by atoms with Gasteiger partial charge in [0.2, 0.25) is 53.2 Å². The van der Waals surface area contributed by atoms with Gasteiger partial charge in [-0.3, -0.25) is 57.5 Å². The summed E-state index contributed by atoms with van der Waals surface area (Å²) in [5.74, 6) is -2.97. The average molecular weight is 1560 g/mol. The van der Waals surface area contributed by atoms with E-state index in [1.165, 1.54) is 4.90 Å². The number of amides is 9. The van der Waals surface area contributed by atoms with Crippen molar-refractivity contribution in [3.05, 3.63) is 209 Å². The Morgan fingerprint density at radius 2 is 0.583 bits per heavy atom. The summed E-state index contributed by atoms with van der Waals surface area (Å²) in [4.78, 5) is 174. The van der Waals surface area contributed by atoms with Crippen molar-refractivity contribution in [2.75, 3.05) is 46.4 Å². The van der Waals surface area contributed by atoms with Crippen LogP contribution in [-0.2, 0) is 96.1 Å². The molecule has 0 saturated carbocycles. The van der Waals surface area contributed by atoms with Crippen molar-refractivity contribution in [2.45, 2.75) is 215 Å². The molecule has 23 nitrogen and oxygen atoms in total. The molecule has 0 radical (unpaired) electrons. The van der Waals surface area contributed by atoms with Crippen LogP contribution in [-0.4, -0.2) is 212 Å². The molecule has 13 atom stereocenters. The predicted octanol–water partition coefficient (Wildman–Crippen LogP) is 8.12. The van der Waals surface area contributed by atoms with Gasteiger partial charge in [0.1, 0.15) is 59.4 Å². The number of fused-ring (bicyclic) bond motifs is 6. The topological polar surface area (TPSA) is 290 Å². The molecular formula is C92H109N9O14. The van der Waals surface area contributed by atoms with Gasteiger partial charge in [0.15, 0.2) is 0 Å². The molecule has 13 unspecified atom stereocenters. The predicted molar refractivity (Wildman–Crippen MR) is 431 cm³/mol. The molecule has 4 N–H and O–H groups in total. The molecule has 23 heteroatoms. The third-order valence-electron chi connectivity index (χ3n) is 24.5. The quantitative estimate of drug-likeness (QED) is 0.0849. The summed E-state index contributed by atoms with van der Waals surface area (Å²) in [5.41, 5.74) is 5.92. The van der Waals surface area contributed by atoms with E-state index < -0.39 is 78.2 Å². The maximum Gasteiger partial charge on any atom is 0.246 e. The average Bonchev–Trinajstić information content (AvgIpc) is 1.65. The van der Waals surface area contributed by atoms with E-state index in [2.05, 4.69) is 16.0 Å². The van der Waals surface area contributed by atoms with E-state index in [0.29, 0.717) is 110 Å². The van der Waals surface area contributed by atoms with Crippen LogP contribution in [0.3, 0.4) is 0 Å². The van der Waals surface area contributed by atoms with Gasteiger partial charge < -0.3 is 55.2 Å². The molecule has 6 aromatic rings. The fraction of sp³-hybridized carbons (Fsp3) is 0.478. The first-order valence-corrected chi connectivity index (χ1v) is 41.6. The standard InChI is InChI=1S/C31H37N3O5.C31H37N3O4.C30H35N3O5/c1-39-26-13-11-22(12-14-26)17-23-19-25(35)20-24(18-21-7-3-2-4-8-21)32-29(36)27-9-5-15-33(27)31(38)28-10-6-16-34(28)30(23)37;35-26-20-24(18-22-10-3-1-4-11-22)30(37)34-17-9-15-28(34)31(38)33-16-8-7-14-27(33)29(36)32-25(21-26)19-23-12-5-2-6-13-23;34-24-16-22(14-20-8-3-1-4-9-20)29(37)32-13-7-12-26(32)30(38)33-19-25(35)18-27(33)28(36)31-23(17-24)15-21-10-5-2-6-11-21/h2-4,7-8,11-14,23-24,27-28H,5-6,9-10,15-20H2,1H3,(H,32,36);1-6,10-13,24-25,27-28H,7-9,14-21H2,(H,32,36);1-6,8-11,22-23,25-27,35H,7,12-19H2,(H,31,36). The van der Waals surface area contributed by atoms with Crippen LogP contribution in [0.2, 0.25) is 0 Å². The van der Waals surface area contributed by atoms with Gasteiger partial charge in [-0.1, -0.05) is 164 Å². The number of ether oxygens (including phenoxy) is 1. The Bertz CT molecular complexity index is 4250. The molecule has 6 aromatic carbocycles. The minimum atomic E-state index is -0.829. The molecule has 115 heavy (non-hydrogen) atoms. The Morgan fingerprint density at radius 3 is 0.922 bits per heavy atom. The lowest BCUT2D eigenvalue weighted by Crippen LogP contribution is -2.58. The molecule has 0 spiro atoms. The van der Waals surface area contributed by atoms with Crippen LogP contribution in [0, 0.1) is 17.8 Å². The molecule has 0 aliphatic carbocycles. The molecule has 0 bridgehead atoms. The highest BCUT2D eigenvalue weighted by Gasteiger charge is 2.49. The minimum absolute atomic E-state index is 0.0395. The Labute approximate surface area is 673 Å². The molecular weight excluding hydrogens is 1460 g/mol. The van der Waals surface area contributed by atoms with Crippen LogP contribution in [0.1, 0.15) is 149 Å². The van der Waals surface area contributed by atoms with E-state index in [9.17, 15) is 62.6 Å². The number of Topliss-reactive ketones (excluding diaryl/α,β-unsaturated/α-hetero) is 3. The highest BCUT2D eigenvalue weighted by atomic mass is 16.5. The van der Waals surface area contributed by atoms with Crippen LogP contribution in [0.4, 0.5) is 0 Å². The van der Waals surface area contributed by atoms with Crippen molar-refractivity contribution in [3.63, 3.8) is 0 Å². The minimum Gasteiger partial charge on any atom is -0.497 e. The SMILES string of the molecule is COc1ccc(CC2CC(=O)CC(Cc3ccccc3)NC(=O)C3CCCN3C(=O)C3CCCN3C2=O)cc1.O=C1CC(Cc2ccccc2)NC(=O)C2CC(O)CN2C(=O)C2CCCN2C(=O)C(Cc2ccccc2)C1.O=C1CC(Cc2ccccc2)NC(=O)C2CCCCN2C(=O)C2CCCN2C(=O)C(Cc2ccccc2)C1. The van der Waals surface area contributed by atoms with E-state index >= 15 is 0 Å². The number of aliphatic hydroxyl groups is 1. The van der Waals surface area contributed by atoms with Crippen molar-refractivity contribution >= 4 is 70.5 Å². The molecule has 9 aliphatic heterocycles. The van der Waals surface area contributed by atoms with Crippen LogP contribution in [0.5, 0.6) is 5.75 Å². The highest BCUT2D eigenvalue weighted by Crippen LogP contribution is 2.34. The number of hydrogen-bond donors (Lipinski definition) is 4. The summed E-state index contributed by atoms with van der Waals surface area (Å²) >= 11 is 0. The zero-order chi connectivity index (χ0) is 80.5. The second-order valence-corrected chi connectivity index (χ2v) is 32.7. The molecule has 606 valence electrons. The van der Waals surface area contributed by atoms with Crippen molar-refractivity contribution in [1.29, 1.82) is 0 Å². The van der Waals surface area contributed by atoms with Crippen molar-refractivity contribution in [1.82, 2.24) is 45.3 Å². The maximum absolute atomic E-state index is 14.0. The zero-order valence-electron chi connectivity index (χ0n) is 65.9. The molecule has 15 rings (SSSR count). The number of carbonyl (C=O) groups excluding carboxylic acids is 12. The summed E-state index contributed by atoms with van der Waals surface area (Å²) in [6.07, 6.45) is 10.1. The van der Waals surface area contributed by atoms with Gasteiger partial charge in [0, 0.05) is 120 Å². The first-order chi connectivity index (χ1) is 55.8. The van der Waals surface area contributed by atoms with Crippen LogP contribution in [0.15, 0.2) is 176 Å². The van der Waals surface area contributed by atoms with Gasteiger partial charge in [0.25, 0.3) is 0 Å². The number of ketones is 3. The first kappa shape index (κ1) is 82.3. The second kappa shape index (κ2) is 39.1. The Morgan fingerprint density at radius 1 is 0.304 bits per heavy atom. The molecule has 9 heterocycles. The number of nitrogens with one attached hydrogen (secondary N) is 3. The number of rotatable bonds is 13. The summed E-state index contributed by atoms with van der Waals surface area (Å²) in [7, 11) is 1.60. The lowest BCUT2D eigenvalue weighted by Gasteiger charge is -2.38. The normalized spacial score (nSPS) is 27.3. The summed E-state index contributed by atoms with van der Waals surface area (Å²) in [6.45, 7) is 2.53. The fourth-order valence-electron chi connectivity index (χ4n) is 18.8. The molecule has 9 fully saturated rings. The molecule has 9 aliphatic rings. The van der Waals surface area contributed by atoms with Crippen molar-refractivity contribution < 1.29 is 67.4 Å². The molecule has 9 amide bonds. The van der Waals surface area contributed by atoms with Gasteiger partial charge in [-0.15, -0.1) is 0 Å². The summed E-state index contributed by atoms with van der Waals surface area (Å²) < 4.78 is 5.27. The zero-order valence-corrected chi connectivity index (χ0v) is 65.9. The van der Waals surface area contributed by atoms with Gasteiger partial charge in [-0.05, 0) is 155 Å². The highest BCUT2D eigenvalue weighted by molar-refractivity contribution is 5.98. The van der Waals surface area contributed by atoms with E-state index in [1.54, 1.807) is 31.6 Å². The molecule has 9 saturated heterocycles. The first-order valence-electron chi connectivity index (χ1n) is 41.6. The Balaban J connectivity index is 0.000000150. The summed E-state index contributed by atoms with van der Waals surface area (Å²) in [6, 6.07) is 51.0. The van der Waals surface area contributed by atoms with E-state index in [4.69, 9.17) is 4.74 Å². The Kier molecular flexibility index (Phi) is 28.0. The number of carbonyl (C=O) groups is 12. The van der Waals surface area contributed by atoms with Crippen LogP contribution in [0.25, 0.3) is 0 Å². The number of methoxy groups -OCH3 is 1. The Hall–Kier alpha value is -10.7. The number of benzene rings is 6. The lowest BCUT2D eigenvalue weighted by atomic mass is 9.90. The fourth-order valence-corrected chi connectivity index (χ4v) is 18.8.